The number of hydrogen-bond donors (Lipinski definition) is 1. The van der Waals surface area contributed by atoms with E-state index >= 15 is 0 Å². The first-order chi connectivity index (χ1) is 7.73. The maximum Gasteiger partial charge on any atom is 0.227 e. The summed E-state index contributed by atoms with van der Waals surface area (Å²) < 4.78 is 0. The third kappa shape index (κ3) is 3.45. The molecule has 1 N–H and O–H groups in total. The Balaban J connectivity index is 2.61. The van der Waals surface area contributed by atoms with Crippen molar-refractivity contribution in [3.8, 4) is 0 Å². The summed E-state index contributed by atoms with van der Waals surface area (Å²) >= 11 is 0. The second kappa shape index (κ2) is 5.07. The Hall–Kier alpha value is -1.06. The van der Waals surface area contributed by atoms with Gasteiger partial charge in [0.2, 0.25) is 11.8 Å². The Morgan fingerprint density at radius 2 is 2.06 bits per heavy atom. The van der Waals surface area contributed by atoms with E-state index in [4.69, 9.17) is 0 Å². The molecule has 1 heterocycles. The van der Waals surface area contributed by atoms with Gasteiger partial charge in [-0.25, -0.2) is 0 Å². The van der Waals surface area contributed by atoms with E-state index in [0.29, 0.717) is 19.4 Å². The highest BCUT2D eigenvalue weighted by molar-refractivity contribution is 5.83. The van der Waals surface area contributed by atoms with E-state index < -0.39 is 0 Å². The lowest BCUT2D eigenvalue weighted by molar-refractivity contribution is -0.139. The van der Waals surface area contributed by atoms with Gasteiger partial charge in [-0.1, -0.05) is 20.8 Å². The van der Waals surface area contributed by atoms with Crippen molar-refractivity contribution < 1.29 is 9.59 Å². The molecule has 1 aliphatic rings. The zero-order valence-corrected chi connectivity index (χ0v) is 11.5. The van der Waals surface area contributed by atoms with Gasteiger partial charge >= 0.3 is 0 Å². The fraction of sp³-hybridized carbons (Fsp3) is 0.846. The fourth-order valence-corrected chi connectivity index (χ4v) is 2.00. The Morgan fingerprint density at radius 1 is 1.47 bits per heavy atom. The molecule has 1 rings (SSSR count). The van der Waals surface area contributed by atoms with Crippen molar-refractivity contribution in [1.29, 1.82) is 0 Å². The minimum Gasteiger partial charge on any atom is -0.355 e. The predicted molar refractivity (Wildman–Crippen MR) is 67.4 cm³/mol. The van der Waals surface area contributed by atoms with Crippen LogP contribution >= 0.6 is 0 Å². The fourth-order valence-electron chi connectivity index (χ4n) is 2.00. The molecule has 0 bridgehead atoms. The number of amides is 2. The zero-order chi connectivity index (χ0) is 13.2. The van der Waals surface area contributed by atoms with Gasteiger partial charge in [0.05, 0.1) is 5.92 Å². The second-order valence-corrected chi connectivity index (χ2v) is 6.03. The maximum absolute atomic E-state index is 12.3. The number of rotatable bonds is 2. The molecule has 0 aromatic carbocycles. The quantitative estimate of drug-likeness (QED) is 0.793. The normalized spacial score (nSPS) is 22.9. The minimum atomic E-state index is -0.0532. The summed E-state index contributed by atoms with van der Waals surface area (Å²) in [5.41, 5.74) is 0.0718. The highest BCUT2D eigenvalue weighted by Crippen LogP contribution is 2.25. The van der Waals surface area contributed by atoms with Crippen molar-refractivity contribution in [1.82, 2.24) is 10.2 Å². The Labute approximate surface area is 104 Å². The monoisotopic (exact) mass is 240 g/mol. The molecule has 0 spiro atoms. The Kier molecular flexibility index (Phi) is 4.17. The Morgan fingerprint density at radius 3 is 2.47 bits per heavy atom. The first kappa shape index (κ1) is 14.0. The zero-order valence-electron chi connectivity index (χ0n) is 11.5. The standard InChI is InChI=1S/C13H24N2O2/c1-9(13(2,3)4)15(5)12(17)10-6-7-11(16)14-8-10/h9-10H,6-8H2,1-5H3,(H,14,16). The number of hydrogen-bond acceptors (Lipinski definition) is 2. The predicted octanol–water partition coefficient (Wildman–Crippen LogP) is 1.41. The molecule has 2 amide bonds. The van der Waals surface area contributed by atoms with Gasteiger partial charge in [-0.05, 0) is 18.8 Å². The van der Waals surface area contributed by atoms with Crippen LogP contribution in [0, 0.1) is 11.3 Å². The third-order valence-electron chi connectivity index (χ3n) is 3.80. The summed E-state index contributed by atoms with van der Waals surface area (Å²) in [5, 5.41) is 2.76. The topological polar surface area (TPSA) is 49.4 Å². The molecule has 1 saturated heterocycles. The summed E-state index contributed by atoms with van der Waals surface area (Å²) in [7, 11) is 1.86. The smallest absolute Gasteiger partial charge is 0.227 e. The lowest BCUT2D eigenvalue weighted by Crippen LogP contribution is -2.49. The summed E-state index contributed by atoms with van der Waals surface area (Å²) in [6, 6.07) is 0.188. The van der Waals surface area contributed by atoms with Gasteiger partial charge in [0.15, 0.2) is 0 Å². The summed E-state index contributed by atoms with van der Waals surface area (Å²) in [4.78, 5) is 25.1. The van der Waals surface area contributed by atoms with E-state index in [1.807, 2.05) is 11.9 Å². The van der Waals surface area contributed by atoms with Crippen LogP contribution in [-0.2, 0) is 9.59 Å². The van der Waals surface area contributed by atoms with Crippen LogP contribution in [0.1, 0.15) is 40.5 Å². The van der Waals surface area contributed by atoms with Gasteiger partial charge in [-0.2, -0.15) is 0 Å². The van der Waals surface area contributed by atoms with Crippen molar-refractivity contribution >= 4 is 11.8 Å². The minimum absolute atomic E-state index is 0.0532. The molecular weight excluding hydrogens is 216 g/mol. The van der Waals surface area contributed by atoms with Crippen molar-refractivity contribution in [3.05, 3.63) is 0 Å². The van der Waals surface area contributed by atoms with Crippen molar-refractivity contribution in [3.63, 3.8) is 0 Å². The lowest BCUT2D eigenvalue weighted by Gasteiger charge is -2.37. The maximum atomic E-state index is 12.3. The molecule has 98 valence electrons. The molecule has 1 aliphatic heterocycles. The third-order valence-corrected chi connectivity index (χ3v) is 3.80. The second-order valence-electron chi connectivity index (χ2n) is 6.03. The molecule has 1 fully saturated rings. The largest absolute Gasteiger partial charge is 0.355 e. The number of piperidine rings is 1. The van der Waals surface area contributed by atoms with E-state index in [1.54, 1.807) is 0 Å². The summed E-state index contributed by atoms with van der Waals surface area (Å²) in [6.45, 7) is 8.94. The van der Waals surface area contributed by atoms with Crippen LogP contribution in [0.4, 0.5) is 0 Å². The van der Waals surface area contributed by atoms with Crippen LogP contribution in [-0.4, -0.2) is 36.3 Å². The van der Waals surface area contributed by atoms with Gasteiger partial charge in [0.25, 0.3) is 0 Å². The van der Waals surface area contributed by atoms with Crippen LogP contribution in [0.2, 0.25) is 0 Å². The lowest BCUT2D eigenvalue weighted by atomic mass is 9.86. The van der Waals surface area contributed by atoms with E-state index in [0.717, 1.165) is 0 Å². The first-order valence-electron chi connectivity index (χ1n) is 6.27. The number of nitrogens with zero attached hydrogens (tertiary/aromatic N) is 1. The van der Waals surface area contributed by atoms with Crippen molar-refractivity contribution in [2.24, 2.45) is 11.3 Å². The van der Waals surface area contributed by atoms with Crippen LogP contribution in [0.5, 0.6) is 0 Å². The van der Waals surface area contributed by atoms with Crippen molar-refractivity contribution in [2.75, 3.05) is 13.6 Å². The summed E-state index contributed by atoms with van der Waals surface area (Å²) in [6.07, 6.45) is 1.14. The van der Waals surface area contributed by atoms with E-state index in [9.17, 15) is 9.59 Å². The average molecular weight is 240 g/mol. The number of nitrogens with one attached hydrogen (secondary N) is 1. The van der Waals surface area contributed by atoms with Crippen LogP contribution in [0.15, 0.2) is 0 Å². The highest BCUT2D eigenvalue weighted by atomic mass is 16.2. The number of carbonyl (C=O) groups is 2. The molecule has 4 heteroatoms. The number of carbonyl (C=O) groups excluding carboxylic acids is 2. The molecule has 0 saturated carbocycles. The summed E-state index contributed by atoms with van der Waals surface area (Å²) in [5.74, 6) is 0.149. The van der Waals surface area contributed by atoms with Gasteiger partial charge in [0.1, 0.15) is 0 Å². The van der Waals surface area contributed by atoms with Gasteiger partial charge in [-0.15, -0.1) is 0 Å². The molecule has 0 radical (unpaired) electrons. The highest BCUT2D eigenvalue weighted by Gasteiger charge is 2.32. The van der Waals surface area contributed by atoms with Crippen molar-refractivity contribution in [2.45, 2.75) is 46.6 Å². The molecule has 2 atom stereocenters. The van der Waals surface area contributed by atoms with Crippen LogP contribution in [0.3, 0.4) is 0 Å². The molecule has 0 aliphatic carbocycles. The van der Waals surface area contributed by atoms with E-state index in [-0.39, 0.29) is 29.2 Å². The molecule has 2 unspecified atom stereocenters. The first-order valence-corrected chi connectivity index (χ1v) is 6.27. The molecule has 0 aromatic rings. The molecular formula is C13H24N2O2. The van der Waals surface area contributed by atoms with Gasteiger partial charge in [0, 0.05) is 26.1 Å². The molecule has 0 aromatic heterocycles. The van der Waals surface area contributed by atoms with E-state index in [2.05, 4.69) is 33.0 Å². The van der Waals surface area contributed by atoms with Crippen LogP contribution < -0.4 is 5.32 Å². The molecule has 4 nitrogen and oxygen atoms in total. The van der Waals surface area contributed by atoms with Gasteiger partial charge in [-0.3, -0.25) is 9.59 Å². The Bertz CT molecular complexity index is 297. The average Bonchev–Trinajstić information content (AvgIpc) is 2.26. The van der Waals surface area contributed by atoms with E-state index in [1.165, 1.54) is 0 Å². The van der Waals surface area contributed by atoms with Crippen LogP contribution in [0.25, 0.3) is 0 Å². The SMILES string of the molecule is CC(N(C)C(=O)C1CCC(=O)NC1)C(C)(C)C. The molecule has 17 heavy (non-hydrogen) atoms. The van der Waals surface area contributed by atoms with Gasteiger partial charge < -0.3 is 10.2 Å².